The number of carbonyl (C=O) groups excluding carboxylic acids is 1. The van der Waals surface area contributed by atoms with E-state index < -0.39 is 0 Å². The van der Waals surface area contributed by atoms with Crippen molar-refractivity contribution in [2.24, 2.45) is 0 Å². The van der Waals surface area contributed by atoms with Crippen LogP contribution in [0, 0.1) is 13.8 Å². The summed E-state index contributed by atoms with van der Waals surface area (Å²) in [4.78, 5) is 15.2. The van der Waals surface area contributed by atoms with Gasteiger partial charge >= 0.3 is 0 Å². The van der Waals surface area contributed by atoms with Crippen LogP contribution in [0.1, 0.15) is 21.5 Å². The molecule has 1 heterocycles. The quantitative estimate of drug-likeness (QED) is 0.784. The first kappa shape index (κ1) is 12.0. The van der Waals surface area contributed by atoms with Gasteiger partial charge in [-0.2, -0.15) is 0 Å². The predicted octanol–water partition coefficient (Wildman–Crippen LogP) is 3.94. The lowest BCUT2D eigenvalue weighted by molar-refractivity contribution is 0.112. The number of aryl methyl sites for hydroxylation is 2. The van der Waals surface area contributed by atoms with Gasteiger partial charge in [0.05, 0.1) is 5.69 Å². The minimum absolute atomic E-state index is 0.739. The molecule has 1 aromatic heterocycles. The van der Waals surface area contributed by atoms with Crippen LogP contribution in [0.3, 0.4) is 0 Å². The van der Waals surface area contributed by atoms with Crippen LogP contribution in [-0.4, -0.2) is 11.3 Å². The molecular formula is C14H12BrNO. The van der Waals surface area contributed by atoms with E-state index in [2.05, 4.69) is 20.9 Å². The van der Waals surface area contributed by atoms with Crippen LogP contribution in [0.4, 0.5) is 0 Å². The number of rotatable bonds is 2. The van der Waals surface area contributed by atoms with E-state index in [1.165, 1.54) is 0 Å². The van der Waals surface area contributed by atoms with Crippen molar-refractivity contribution in [2.45, 2.75) is 13.8 Å². The Hall–Kier alpha value is -1.48. The monoisotopic (exact) mass is 289 g/mol. The van der Waals surface area contributed by atoms with Crippen LogP contribution in [0.25, 0.3) is 11.3 Å². The topological polar surface area (TPSA) is 30.0 Å². The first-order chi connectivity index (χ1) is 8.11. The van der Waals surface area contributed by atoms with E-state index in [9.17, 15) is 4.79 Å². The molecule has 1 aromatic carbocycles. The summed E-state index contributed by atoms with van der Waals surface area (Å²) in [5.74, 6) is 0. The zero-order valence-corrected chi connectivity index (χ0v) is 11.3. The van der Waals surface area contributed by atoms with Crippen molar-refractivity contribution < 1.29 is 4.79 Å². The molecule has 0 N–H and O–H groups in total. The molecule has 0 atom stereocenters. The zero-order chi connectivity index (χ0) is 12.4. The van der Waals surface area contributed by atoms with Gasteiger partial charge in [-0.25, -0.2) is 0 Å². The minimum Gasteiger partial charge on any atom is -0.298 e. The van der Waals surface area contributed by atoms with Gasteiger partial charge < -0.3 is 0 Å². The molecule has 0 fully saturated rings. The number of aldehydes is 1. The van der Waals surface area contributed by atoms with Gasteiger partial charge in [-0.1, -0.05) is 0 Å². The summed E-state index contributed by atoms with van der Waals surface area (Å²) in [6.45, 7) is 3.93. The van der Waals surface area contributed by atoms with Crippen molar-refractivity contribution in [3.8, 4) is 11.3 Å². The highest BCUT2D eigenvalue weighted by Gasteiger charge is 2.07. The summed E-state index contributed by atoms with van der Waals surface area (Å²) in [6.07, 6.45) is 2.67. The van der Waals surface area contributed by atoms with Crippen LogP contribution in [0.5, 0.6) is 0 Å². The highest BCUT2D eigenvalue weighted by molar-refractivity contribution is 9.10. The van der Waals surface area contributed by atoms with E-state index >= 15 is 0 Å². The summed E-state index contributed by atoms with van der Waals surface area (Å²) in [5.41, 5.74) is 4.77. The fourth-order valence-electron chi connectivity index (χ4n) is 1.78. The number of benzene rings is 1. The third kappa shape index (κ3) is 2.44. The van der Waals surface area contributed by atoms with E-state index in [4.69, 9.17) is 0 Å². The van der Waals surface area contributed by atoms with Crippen molar-refractivity contribution in [3.05, 3.63) is 51.6 Å². The Balaban J connectivity index is 2.56. The highest BCUT2D eigenvalue weighted by Crippen LogP contribution is 2.25. The number of hydrogen-bond donors (Lipinski definition) is 0. The Labute approximate surface area is 109 Å². The van der Waals surface area contributed by atoms with Crippen molar-refractivity contribution in [2.75, 3.05) is 0 Å². The van der Waals surface area contributed by atoms with Crippen molar-refractivity contribution in [1.29, 1.82) is 0 Å². The standard InChI is InChI=1S/C14H12BrNO/c1-9-6-13(10(2)5-11(9)8-17)14-4-3-12(15)7-16-14/h3-8H,1-2H3. The number of halogens is 1. The van der Waals surface area contributed by atoms with E-state index in [1.54, 1.807) is 6.20 Å². The third-order valence-corrected chi connectivity index (χ3v) is 3.21. The Bertz CT molecular complexity index is 561. The molecule has 0 radical (unpaired) electrons. The molecule has 0 aliphatic rings. The summed E-state index contributed by atoms with van der Waals surface area (Å²) < 4.78 is 0.958. The Morgan fingerprint density at radius 3 is 2.53 bits per heavy atom. The molecule has 0 unspecified atom stereocenters. The molecule has 2 rings (SSSR count). The van der Waals surface area contributed by atoms with Gasteiger partial charge in [-0.3, -0.25) is 9.78 Å². The smallest absolute Gasteiger partial charge is 0.150 e. The maximum absolute atomic E-state index is 10.9. The van der Waals surface area contributed by atoms with Crippen molar-refractivity contribution >= 4 is 22.2 Å². The second kappa shape index (κ2) is 4.80. The van der Waals surface area contributed by atoms with Gasteiger partial charge in [0.15, 0.2) is 0 Å². The molecule has 0 saturated carbocycles. The van der Waals surface area contributed by atoms with Gasteiger partial charge in [-0.05, 0) is 65.2 Å². The molecule has 0 aliphatic carbocycles. The maximum atomic E-state index is 10.9. The van der Waals surface area contributed by atoms with Crippen LogP contribution < -0.4 is 0 Å². The molecule has 2 aromatic rings. The summed E-state index contributed by atoms with van der Waals surface area (Å²) in [7, 11) is 0. The van der Waals surface area contributed by atoms with E-state index in [0.717, 1.165) is 38.7 Å². The SMILES string of the molecule is Cc1cc(-c2ccc(Br)cn2)c(C)cc1C=O. The lowest BCUT2D eigenvalue weighted by Crippen LogP contribution is -1.93. The molecular weight excluding hydrogens is 278 g/mol. The Kier molecular flexibility index (Phi) is 3.38. The van der Waals surface area contributed by atoms with E-state index in [0.29, 0.717) is 0 Å². The predicted molar refractivity (Wildman–Crippen MR) is 72.2 cm³/mol. The van der Waals surface area contributed by atoms with Crippen LogP contribution in [0.2, 0.25) is 0 Å². The fraction of sp³-hybridized carbons (Fsp3) is 0.143. The molecule has 0 aliphatic heterocycles. The lowest BCUT2D eigenvalue weighted by Gasteiger charge is -2.08. The summed E-state index contributed by atoms with van der Waals surface area (Å²) >= 11 is 3.36. The highest BCUT2D eigenvalue weighted by atomic mass is 79.9. The van der Waals surface area contributed by atoms with Crippen LogP contribution >= 0.6 is 15.9 Å². The van der Waals surface area contributed by atoms with Crippen molar-refractivity contribution in [3.63, 3.8) is 0 Å². The largest absolute Gasteiger partial charge is 0.298 e. The van der Waals surface area contributed by atoms with Gasteiger partial charge in [0.2, 0.25) is 0 Å². The molecule has 0 amide bonds. The van der Waals surface area contributed by atoms with E-state index in [-0.39, 0.29) is 0 Å². The minimum atomic E-state index is 0.739. The number of nitrogens with zero attached hydrogens (tertiary/aromatic N) is 1. The number of hydrogen-bond acceptors (Lipinski definition) is 2. The zero-order valence-electron chi connectivity index (χ0n) is 9.70. The van der Waals surface area contributed by atoms with E-state index in [1.807, 2.05) is 38.1 Å². The van der Waals surface area contributed by atoms with Gasteiger partial charge in [0.25, 0.3) is 0 Å². The second-order valence-corrected chi connectivity index (χ2v) is 4.92. The number of pyridine rings is 1. The first-order valence-corrected chi connectivity index (χ1v) is 6.09. The molecule has 0 spiro atoms. The summed E-state index contributed by atoms with van der Waals surface area (Å²) in [5, 5.41) is 0. The summed E-state index contributed by atoms with van der Waals surface area (Å²) in [6, 6.07) is 7.84. The van der Waals surface area contributed by atoms with Crippen LogP contribution in [-0.2, 0) is 0 Å². The first-order valence-electron chi connectivity index (χ1n) is 5.30. The van der Waals surface area contributed by atoms with Crippen molar-refractivity contribution in [1.82, 2.24) is 4.98 Å². The van der Waals surface area contributed by atoms with Gasteiger partial charge in [0, 0.05) is 21.8 Å². The van der Waals surface area contributed by atoms with Gasteiger partial charge in [0.1, 0.15) is 6.29 Å². The fourth-order valence-corrected chi connectivity index (χ4v) is 2.01. The Morgan fingerprint density at radius 1 is 1.18 bits per heavy atom. The normalized spacial score (nSPS) is 10.3. The number of carbonyl (C=O) groups is 1. The lowest BCUT2D eigenvalue weighted by atomic mass is 9.98. The Morgan fingerprint density at radius 2 is 1.94 bits per heavy atom. The van der Waals surface area contributed by atoms with Gasteiger partial charge in [-0.15, -0.1) is 0 Å². The molecule has 2 nitrogen and oxygen atoms in total. The second-order valence-electron chi connectivity index (χ2n) is 4.00. The molecule has 0 saturated heterocycles. The molecule has 0 bridgehead atoms. The molecule has 86 valence electrons. The molecule has 3 heteroatoms. The third-order valence-electron chi connectivity index (χ3n) is 2.74. The molecule has 17 heavy (non-hydrogen) atoms. The average molecular weight is 290 g/mol. The average Bonchev–Trinajstić information content (AvgIpc) is 2.33. The number of aromatic nitrogens is 1. The van der Waals surface area contributed by atoms with Crippen LogP contribution in [0.15, 0.2) is 34.9 Å². The maximum Gasteiger partial charge on any atom is 0.150 e.